The number of aliphatic imine (C=N–C) groups is 1. The third-order valence-corrected chi connectivity index (χ3v) is 6.62. The lowest BCUT2D eigenvalue weighted by atomic mass is 10.1. The Hall–Kier alpha value is -2.05. The molecule has 0 amide bonds. The molecule has 1 aromatic carbocycles. The van der Waals surface area contributed by atoms with E-state index in [-0.39, 0.29) is 0 Å². The molecule has 0 spiro atoms. The van der Waals surface area contributed by atoms with Gasteiger partial charge in [0.25, 0.3) is 0 Å². The highest BCUT2D eigenvalue weighted by Gasteiger charge is 2.23. The number of para-hydroxylation sites is 1. The number of benzene rings is 1. The first-order valence-corrected chi connectivity index (χ1v) is 11.1. The van der Waals surface area contributed by atoms with Gasteiger partial charge in [-0.1, -0.05) is 18.2 Å². The minimum atomic E-state index is 0.296. The van der Waals surface area contributed by atoms with Crippen molar-refractivity contribution >= 4 is 17.3 Å². The van der Waals surface area contributed by atoms with Crippen LogP contribution in [0.25, 0.3) is 0 Å². The predicted octanol–water partition coefficient (Wildman–Crippen LogP) is 3.23. The van der Waals surface area contributed by atoms with Gasteiger partial charge in [0.1, 0.15) is 11.9 Å². The molecule has 4 rings (SSSR count). The van der Waals surface area contributed by atoms with Gasteiger partial charge in [0.2, 0.25) is 0 Å². The molecule has 5 nitrogen and oxygen atoms in total. The van der Waals surface area contributed by atoms with E-state index in [0.717, 1.165) is 63.8 Å². The van der Waals surface area contributed by atoms with Crippen molar-refractivity contribution in [2.75, 3.05) is 39.8 Å². The summed E-state index contributed by atoms with van der Waals surface area (Å²) >= 11 is 1.90. The van der Waals surface area contributed by atoms with E-state index < -0.39 is 0 Å². The van der Waals surface area contributed by atoms with Crippen LogP contribution in [0.3, 0.4) is 0 Å². The molecule has 2 aliphatic rings. The van der Waals surface area contributed by atoms with Crippen molar-refractivity contribution in [3.63, 3.8) is 0 Å². The summed E-state index contributed by atoms with van der Waals surface area (Å²) in [6.45, 7) is 6.21. The second kappa shape index (κ2) is 9.43. The lowest BCUT2D eigenvalue weighted by Gasteiger charge is -2.34. The van der Waals surface area contributed by atoms with Gasteiger partial charge in [0, 0.05) is 64.0 Å². The molecular weight excluding hydrogens is 368 g/mol. The molecule has 28 heavy (non-hydrogen) atoms. The van der Waals surface area contributed by atoms with E-state index in [1.807, 2.05) is 48.7 Å². The second-order valence-electron chi connectivity index (χ2n) is 7.49. The maximum absolute atomic E-state index is 6.11. The third kappa shape index (κ3) is 4.86. The number of guanidine groups is 1. The molecule has 2 aliphatic heterocycles. The van der Waals surface area contributed by atoms with Gasteiger partial charge < -0.3 is 15.0 Å². The summed E-state index contributed by atoms with van der Waals surface area (Å²) in [5.41, 5.74) is 1.51. The van der Waals surface area contributed by atoms with Gasteiger partial charge in [-0.2, -0.15) is 0 Å². The van der Waals surface area contributed by atoms with Crippen molar-refractivity contribution in [1.82, 2.24) is 15.1 Å². The highest BCUT2D eigenvalue weighted by molar-refractivity contribution is 7.10. The fourth-order valence-electron chi connectivity index (χ4n) is 4.03. The van der Waals surface area contributed by atoms with E-state index in [9.17, 15) is 0 Å². The first-order chi connectivity index (χ1) is 13.8. The number of likely N-dealkylation sites (tertiary alicyclic amines) is 1. The van der Waals surface area contributed by atoms with Crippen LogP contribution < -0.4 is 10.1 Å². The van der Waals surface area contributed by atoms with Crippen LogP contribution in [-0.4, -0.2) is 61.6 Å². The smallest absolute Gasteiger partial charge is 0.193 e. The Balaban J connectivity index is 1.19. The molecule has 0 aliphatic carbocycles. The minimum Gasteiger partial charge on any atom is -0.490 e. The van der Waals surface area contributed by atoms with Crippen molar-refractivity contribution < 1.29 is 4.74 Å². The fraction of sp³-hybridized carbons (Fsp3) is 0.500. The van der Waals surface area contributed by atoms with Gasteiger partial charge in [-0.15, -0.1) is 11.3 Å². The zero-order valence-electron chi connectivity index (χ0n) is 16.6. The summed E-state index contributed by atoms with van der Waals surface area (Å²) in [7, 11) is 1.88. The van der Waals surface area contributed by atoms with E-state index in [0.29, 0.717) is 6.10 Å². The normalized spacial score (nSPS) is 18.8. The lowest BCUT2D eigenvalue weighted by molar-refractivity contribution is 0.129. The maximum Gasteiger partial charge on any atom is 0.193 e. The number of piperidine rings is 1. The van der Waals surface area contributed by atoms with Crippen molar-refractivity contribution in [3.05, 3.63) is 52.2 Å². The summed E-state index contributed by atoms with van der Waals surface area (Å²) in [5.74, 6) is 1.99. The average Bonchev–Trinajstić information content (AvgIpc) is 3.21. The molecule has 1 N–H and O–H groups in total. The number of hydrogen-bond donors (Lipinski definition) is 1. The zero-order chi connectivity index (χ0) is 19.2. The molecule has 1 saturated heterocycles. The van der Waals surface area contributed by atoms with Crippen LogP contribution in [-0.2, 0) is 13.0 Å². The second-order valence-corrected chi connectivity index (χ2v) is 8.49. The van der Waals surface area contributed by atoms with E-state index in [2.05, 4.69) is 31.6 Å². The quantitative estimate of drug-likeness (QED) is 0.620. The fourth-order valence-corrected chi connectivity index (χ4v) is 4.92. The highest BCUT2D eigenvalue weighted by atomic mass is 32.1. The van der Waals surface area contributed by atoms with E-state index >= 15 is 0 Å². The molecule has 0 radical (unpaired) electrons. The van der Waals surface area contributed by atoms with E-state index in [4.69, 9.17) is 4.74 Å². The maximum atomic E-state index is 6.11. The molecule has 6 heteroatoms. The first-order valence-electron chi connectivity index (χ1n) is 10.3. The largest absolute Gasteiger partial charge is 0.490 e. The molecule has 0 bridgehead atoms. The van der Waals surface area contributed by atoms with Gasteiger partial charge in [-0.3, -0.25) is 9.89 Å². The Morgan fingerprint density at radius 1 is 1.18 bits per heavy atom. The number of rotatable bonds is 5. The van der Waals surface area contributed by atoms with Crippen LogP contribution in [0.1, 0.15) is 23.3 Å². The SMILES string of the molecule is CN=C(NCCN1CCc2sccc2C1)N1CCC(Oc2ccccc2)CC1. The Bertz CT molecular complexity index is 768. The van der Waals surface area contributed by atoms with Crippen LogP contribution >= 0.6 is 11.3 Å². The number of nitrogens with one attached hydrogen (secondary N) is 1. The Labute approximate surface area is 172 Å². The van der Waals surface area contributed by atoms with Crippen molar-refractivity contribution in [3.8, 4) is 5.75 Å². The Kier molecular flexibility index (Phi) is 6.49. The van der Waals surface area contributed by atoms with Crippen molar-refractivity contribution in [2.45, 2.75) is 31.9 Å². The van der Waals surface area contributed by atoms with Crippen LogP contribution in [0.2, 0.25) is 0 Å². The molecule has 1 fully saturated rings. The molecule has 2 aromatic rings. The standard InChI is InChI=1S/C22H30N4OS/c1-23-22(24-11-15-25-12-9-21-18(17-25)10-16-28-21)26-13-7-20(8-14-26)27-19-5-3-2-4-6-19/h2-6,10,16,20H,7-9,11-15,17H2,1H3,(H,23,24). The summed E-state index contributed by atoms with van der Waals surface area (Å²) in [6.07, 6.45) is 3.55. The van der Waals surface area contributed by atoms with E-state index in [1.165, 1.54) is 12.0 Å². The highest BCUT2D eigenvalue weighted by Crippen LogP contribution is 2.23. The molecular formula is C22H30N4OS. The number of nitrogens with zero attached hydrogens (tertiary/aromatic N) is 3. The molecule has 3 heterocycles. The molecule has 0 unspecified atom stereocenters. The number of ether oxygens (including phenoxy) is 1. The molecule has 1 aromatic heterocycles. The van der Waals surface area contributed by atoms with Crippen LogP contribution in [0.15, 0.2) is 46.8 Å². The van der Waals surface area contributed by atoms with Crippen LogP contribution in [0, 0.1) is 0 Å². The Morgan fingerprint density at radius 3 is 2.79 bits per heavy atom. The predicted molar refractivity (Wildman–Crippen MR) is 116 cm³/mol. The van der Waals surface area contributed by atoms with E-state index in [1.54, 1.807) is 4.88 Å². The molecule has 150 valence electrons. The minimum absolute atomic E-state index is 0.296. The van der Waals surface area contributed by atoms with Crippen molar-refractivity contribution in [2.24, 2.45) is 4.99 Å². The number of hydrogen-bond acceptors (Lipinski definition) is 4. The van der Waals surface area contributed by atoms with Gasteiger partial charge in [-0.25, -0.2) is 0 Å². The summed E-state index contributed by atoms with van der Waals surface area (Å²) in [4.78, 5) is 11.0. The molecule has 0 atom stereocenters. The number of fused-ring (bicyclic) bond motifs is 1. The number of thiophene rings is 1. The van der Waals surface area contributed by atoms with Crippen LogP contribution in [0.5, 0.6) is 5.75 Å². The Morgan fingerprint density at radius 2 is 2.00 bits per heavy atom. The zero-order valence-corrected chi connectivity index (χ0v) is 17.5. The average molecular weight is 399 g/mol. The third-order valence-electron chi connectivity index (χ3n) is 5.60. The van der Waals surface area contributed by atoms with Gasteiger partial charge >= 0.3 is 0 Å². The lowest BCUT2D eigenvalue weighted by Crippen LogP contribution is -2.49. The van der Waals surface area contributed by atoms with Gasteiger partial charge in [-0.05, 0) is 35.6 Å². The van der Waals surface area contributed by atoms with Gasteiger partial charge in [0.15, 0.2) is 5.96 Å². The summed E-state index contributed by atoms with van der Waals surface area (Å²) < 4.78 is 6.11. The van der Waals surface area contributed by atoms with Crippen LogP contribution in [0.4, 0.5) is 0 Å². The summed E-state index contributed by atoms with van der Waals surface area (Å²) in [6, 6.07) is 12.4. The molecule has 0 saturated carbocycles. The summed E-state index contributed by atoms with van der Waals surface area (Å²) in [5, 5.41) is 5.79. The topological polar surface area (TPSA) is 40.1 Å². The van der Waals surface area contributed by atoms with Crippen molar-refractivity contribution in [1.29, 1.82) is 0 Å². The monoisotopic (exact) mass is 398 g/mol. The first kappa shape index (κ1) is 19.3. The van der Waals surface area contributed by atoms with Gasteiger partial charge in [0.05, 0.1) is 0 Å².